The molecule has 2 heterocycles. The van der Waals surface area contributed by atoms with Crippen molar-refractivity contribution in [2.24, 2.45) is 0 Å². The number of amides is 1. The Morgan fingerprint density at radius 3 is 2.58 bits per heavy atom. The lowest BCUT2D eigenvalue weighted by molar-refractivity contribution is -0.130. The van der Waals surface area contributed by atoms with Gasteiger partial charge in [0.05, 0.1) is 24.7 Å². The predicted octanol–water partition coefficient (Wildman–Crippen LogP) is 3.22. The first-order valence-electron chi connectivity index (χ1n) is 10.3. The van der Waals surface area contributed by atoms with E-state index >= 15 is 0 Å². The summed E-state index contributed by atoms with van der Waals surface area (Å²) in [7, 11) is -1.97. The SMILES string of the molecule is COc1ccc2c(CC(=O)N3CCCN(S(=O)(=O)c4ccc(C)cc4)CC3)coc2c1. The Morgan fingerprint density at radius 1 is 1.06 bits per heavy atom. The molecule has 0 radical (unpaired) electrons. The Morgan fingerprint density at radius 2 is 1.84 bits per heavy atom. The van der Waals surface area contributed by atoms with Crippen LogP contribution in [0, 0.1) is 6.92 Å². The Labute approximate surface area is 182 Å². The lowest BCUT2D eigenvalue weighted by Gasteiger charge is -2.22. The second-order valence-corrected chi connectivity index (χ2v) is 9.69. The average Bonchev–Trinajstić information content (AvgIpc) is 2.98. The van der Waals surface area contributed by atoms with E-state index in [0.717, 1.165) is 16.5 Å². The number of aryl methyl sites for hydroxylation is 1. The van der Waals surface area contributed by atoms with E-state index in [0.29, 0.717) is 37.4 Å². The highest BCUT2D eigenvalue weighted by atomic mass is 32.2. The third-order valence-corrected chi connectivity index (χ3v) is 7.58. The van der Waals surface area contributed by atoms with Crippen molar-refractivity contribution in [2.45, 2.75) is 24.7 Å². The second kappa shape index (κ2) is 8.72. The van der Waals surface area contributed by atoms with E-state index in [-0.39, 0.29) is 23.8 Å². The minimum atomic E-state index is -3.57. The first-order valence-corrected chi connectivity index (χ1v) is 11.7. The number of furan rings is 1. The topological polar surface area (TPSA) is 80.1 Å². The Kier molecular flexibility index (Phi) is 6.02. The van der Waals surface area contributed by atoms with E-state index in [1.54, 1.807) is 48.6 Å². The molecule has 0 aliphatic carbocycles. The zero-order valence-corrected chi connectivity index (χ0v) is 18.5. The molecule has 31 heavy (non-hydrogen) atoms. The molecule has 1 saturated heterocycles. The maximum absolute atomic E-state index is 13.0. The minimum absolute atomic E-state index is 0.0342. The maximum Gasteiger partial charge on any atom is 0.243 e. The molecule has 1 amide bonds. The van der Waals surface area contributed by atoms with Crippen LogP contribution in [0.4, 0.5) is 0 Å². The molecule has 0 atom stereocenters. The number of hydrogen-bond donors (Lipinski definition) is 0. The fourth-order valence-electron chi connectivity index (χ4n) is 3.84. The van der Waals surface area contributed by atoms with Crippen molar-refractivity contribution in [2.75, 3.05) is 33.3 Å². The summed E-state index contributed by atoms with van der Waals surface area (Å²) in [6.07, 6.45) is 2.41. The Balaban J connectivity index is 1.44. The van der Waals surface area contributed by atoms with E-state index in [9.17, 15) is 13.2 Å². The van der Waals surface area contributed by atoms with E-state index in [4.69, 9.17) is 9.15 Å². The number of carbonyl (C=O) groups is 1. The summed E-state index contributed by atoms with van der Waals surface area (Å²) in [5.74, 6) is 0.662. The predicted molar refractivity (Wildman–Crippen MR) is 118 cm³/mol. The lowest BCUT2D eigenvalue weighted by Crippen LogP contribution is -2.37. The third-order valence-electron chi connectivity index (χ3n) is 5.67. The molecule has 7 nitrogen and oxygen atoms in total. The van der Waals surface area contributed by atoms with Crippen molar-refractivity contribution < 1.29 is 22.4 Å². The molecule has 2 aromatic carbocycles. The van der Waals surface area contributed by atoms with Gasteiger partial charge in [0.2, 0.25) is 15.9 Å². The molecular formula is C23H26N2O5S. The summed E-state index contributed by atoms with van der Waals surface area (Å²) < 4.78 is 38.2. The quantitative estimate of drug-likeness (QED) is 0.606. The number of benzene rings is 2. The number of carbonyl (C=O) groups excluding carboxylic acids is 1. The van der Waals surface area contributed by atoms with Gasteiger partial charge in [0.1, 0.15) is 11.3 Å². The van der Waals surface area contributed by atoms with Crippen molar-refractivity contribution in [3.63, 3.8) is 0 Å². The van der Waals surface area contributed by atoms with E-state index in [1.807, 2.05) is 19.1 Å². The Hall–Kier alpha value is -2.84. The maximum atomic E-state index is 13.0. The van der Waals surface area contributed by atoms with Gasteiger partial charge in [-0.05, 0) is 37.6 Å². The van der Waals surface area contributed by atoms with Crippen LogP contribution in [-0.4, -0.2) is 56.8 Å². The van der Waals surface area contributed by atoms with Crippen LogP contribution in [-0.2, 0) is 21.2 Å². The van der Waals surface area contributed by atoms with Gasteiger partial charge in [-0.2, -0.15) is 4.31 Å². The van der Waals surface area contributed by atoms with Crippen LogP contribution < -0.4 is 4.74 Å². The van der Waals surface area contributed by atoms with Crippen LogP contribution in [0.5, 0.6) is 5.75 Å². The first-order chi connectivity index (χ1) is 14.9. The van der Waals surface area contributed by atoms with Crippen LogP contribution in [0.15, 0.2) is 58.0 Å². The standard InChI is InChI=1S/C23H26N2O5S/c1-17-4-7-20(8-5-17)31(27,28)25-11-3-10-24(12-13-25)23(26)14-18-16-30-22-15-19(29-2)6-9-21(18)22/h4-9,15-16H,3,10-14H2,1-2H3. The summed E-state index contributed by atoms with van der Waals surface area (Å²) in [6, 6.07) is 12.4. The normalized spacial score (nSPS) is 15.7. The molecule has 1 aromatic heterocycles. The van der Waals surface area contributed by atoms with Gasteiger partial charge in [-0.1, -0.05) is 17.7 Å². The van der Waals surface area contributed by atoms with Gasteiger partial charge < -0.3 is 14.1 Å². The van der Waals surface area contributed by atoms with Crippen LogP contribution >= 0.6 is 0 Å². The summed E-state index contributed by atoms with van der Waals surface area (Å²) in [4.78, 5) is 15.0. The van der Waals surface area contributed by atoms with Gasteiger partial charge in [0.25, 0.3) is 0 Å². The van der Waals surface area contributed by atoms with Crippen LogP contribution in [0.25, 0.3) is 11.0 Å². The zero-order chi connectivity index (χ0) is 22.0. The number of methoxy groups -OCH3 is 1. The summed E-state index contributed by atoms with van der Waals surface area (Å²) >= 11 is 0. The van der Waals surface area contributed by atoms with Gasteiger partial charge in [0, 0.05) is 43.2 Å². The minimum Gasteiger partial charge on any atom is -0.497 e. The summed E-state index contributed by atoms with van der Waals surface area (Å²) in [5, 5.41) is 0.882. The molecule has 0 spiro atoms. The molecule has 0 saturated carbocycles. The fourth-order valence-corrected chi connectivity index (χ4v) is 5.31. The number of ether oxygens (including phenoxy) is 1. The Bertz CT molecular complexity index is 1180. The van der Waals surface area contributed by atoms with E-state index in [2.05, 4.69) is 0 Å². The highest BCUT2D eigenvalue weighted by molar-refractivity contribution is 7.89. The molecule has 1 aliphatic rings. The van der Waals surface area contributed by atoms with Crippen molar-refractivity contribution in [3.8, 4) is 5.75 Å². The number of sulfonamides is 1. The zero-order valence-electron chi connectivity index (χ0n) is 17.7. The smallest absolute Gasteiger partial charge is 0.243 e. The second-order valence-electron chi connectivity index (χ2n) is 7.75. The monoisotopic (exact) mass is 442 g/mol. The molecule has 8 heteroatoms. The van der Waals surface area contributed by atoms with Gasteiger partial charge in [-0.15, -0.1) is 0 Å². The molecule has 3 aromatic rings. The van der Waals surface area contributed by atoms with Gasteiger partial charge in [-0.3, -0.25) is 4.79 Å². The van der Waals surface area contributed by atoms with Crippen LogP contribution in [0.2, 0.25) is 0 Å². The summed E-state index contributed by atoms with van der Waals surface area (Å²) in [5.41, 5.74) is 2.50. The van der Waals surface area contributed by atoms with Gasteiger partial charge >= 0.3 is 0 Å². The molecule has 1 fully saturated rings. The molecule has 4 rings (SSSR count). The molecule has 0 N–H and O–H groups in total. The van der Waals surface area contributed by atoms with Crippen molar-refractivity contribution in [3.05, 3.63) is 59.9 Å². The molecular weight excluding hydrogens is 416 g/mol. The van der Waals surface area contributed by atoms with Gasteiger partial charge in [-0.25, -0.2) is 8.42 Å². The molecule has 0 bridgehead atoms. The average molecular weight is 443 g/mol. The van der Waals surface area contributed by atoms with Crippen LogP contribution in [0.3, 0.4) is 0 Å². The highest BCUT2D eigenvalue weighted by Gasteiger charge is 2.28. The van der Waals surface area contributed by atoms with Crippen molar-refractivity contribution in [1.29, 1.82) is 0 Å². The number of nitrogens with zero attached hydrogens (tertiary/aromatic N) is 2. The molecule has 0 unspecified atom stereocenters. The van der Waals surface area contributed by atoms with Crippen molar-refractivity contribution >= 4 is 26.9 Å². The van der Waals surface area contributed by atoms with E-state index < -0.39 is 10.0 Å². The third kappa shape index (κ3) is 4.45. The fraction of sp³-hybridized carbons (Fsp3) is 0.348. The lowest BCUT2D eigenvalue weighted by atomic mass is 10.1. The summed E-state index contributed by atoms with van der Waals surface area (Å²) in [6.45, 7) is 3.50. The molecule has 164 valence electrons. The number of hydrogen-bond acceptors (Lipinski definition) is 5. The largest absolute Gasteiger partial charge is 0.497 e. The number of rotatable bonds is 5. The van der Waals surface area contributed by atoms with E-state index in [1.165, 1.54) is 4.31 Å². The first kappa shape index (κ1) is 21.4. The van der Waals surface area contributed by atoms with Gasteiger partial charge in [0.15, 0.2) is 0 Å². The molecule has 1 aliphatic heterocycles. The highest BCUT2D eigenvalue weighted by Crippen LogP contribution is 2.26. The van der Waals surface area contributed by atoms with Crippen LogP contribution in [0.1, 0.15) is 17.5 Å². The van der Waals surface area contributed by atoms with Crippen molar-refractivity contribution in [1.82, 2.24) is 9.21 Å². The number of fused-ring (bicyclic) bond motifs is 1.